The highest BCUT2D eigenvalue weighted by Crippen LogP contribution is 2.30. The molecule has 182 valence electrons. The first-order valence-electron chi connectivity index (χ1n) is 10.1. The minimum atomic E-state index is -0.605. The topological polar surface area (TPSA) is 150 Å². The average Bonchev–Trinajstić information content (AvgIpc) is 3.27. The van der Waals surface area contributed by atoms with Crippen molar-refractivity contribution in [1.82, 2.24) is 5.43 Å². The molecule has 0 aliphatic carbocycles. The highest BCUT2D eigenvalue weighted by atomic mass is 127. The summed E-state index contributed by atoms with van der Waals surface area (Å²) in [5.41, 5.74) is 3.99. The quantitative estimate of drug-likeness (QED) is 0.105. The molecule has 0 saturated heterocycles. The van der Waals surface area contributed by atoms with Crippen LogP contribution in [0.1, 0.15) is 21.7 Å². The summed E-state index contributed by atoms with van der Waals surface area (Å²) in [7, 11) is 0. The van der Waals surface area contributed by atoms with Gasteiger partial charge in [0.25, 0.3) is 11.4 Å². The fourth-order valence-corrected chi connectivity index (χ4v) is 5.31. The van der Waals surface area contributed by atoms with Gasteiger partial charge in [0.2, 0.25) is 0 Å². The summed E-state index contributed by atoms with van der Waals surface area (Å²) < 4.78 is 12.9. The summed E-state index contributed by atoms with van der Waals surface area (Å²) in [5, 5.41) is 26.3. The highest BCUT2D eigenvalue weighted by molar-refractivity contribution is 14.1. The van der Waals surface area contributed by atoms with Gasteiger partial charge in [-0.2, -0.15) is 5.10 Å². The Labute approximate surface area is 230 Å². The molecule has 0 aliphatic heterocycles. The Morgan fingerprint density at radius 3 is 2.39 bits per heavy atom. The monoisotopic (exact) mass is 712 g/mol. The van der Waals surface area contributed by atoms with Crippen LogP contribution in [0.4, 0.5) is 11.4 Å². The molecule has 13 heteroatoms. The van der Waals surface area contributed by atoms with Crippen LogP contribution < -0.4 is 10.2 Å². The minimum absolute atomic E-state index is 0.00179. The van der Waals surface area contributed by atoms with E-state index < -0.39 is 15.8 Å². The van der Waals surface area contributed by atoms with Crippen molar-refractivity contribution in [2.75, 3.05) is 0 Å². The molecular weight excluding hydrogens is 698 g/mol. The summed E-state index contributed by atoms with van der Waals surface area (Å²) in [5.74, 6) is -0.0108. The van der Waals surface area contributed by atoms with Crippen LogP contribution in [0.15, 0.2) is 70.2 Å². The van der Waals surface area contributed by atoms with E-state index in [2.05, 4.69) is 55.7 Å². The SMILES string of the molecule is O=C(N/N=C\c1cc(I)c(OCc2cccc([N+](=O)[O-])c2)c(I)c1)c1cc2cc([N+](=O)[O-])ccc2o1. The Kier molecular flexibility index (Phi) is 7.78. The maximum absolute atomic E-state index is 12.4. The summed E-state index contributed by atoms with van der Waals surface area (Å²) in [6.07, 6.45) is 1.46. The van der Waals surface area contributed by atoms with Crippen molar-refractivity contribution in [3.8, 4) is 5.75 Å². The van der Waals surface area contributed by atoms with Gasteiger partial charge in [-0.3, -0.25) is 25.0 Å². The molecule has 0 unspecified atom stereocenters. The maximum atomic E-state index is 12.4. The third-order valence-electron chi connectivity index (χ3n) is 4.84. The lowest BCUT2D eigenvalue weighted by Crippen LogP contribution is -2.16. The fourth-order valence-electron chi connectivity index (χ4n) is 3.18. The van der Waals surface area contributed by atoms with Crippen molar-refractivity contribution < 1.29 is 23.8 Å². The summed E-state index contributed by atoms with van der Waals surface area (Å²) in [6, 6.07) is 15.3. The molecule has 4 aromatic rings. The van der Waals surface area contributed by atoms with Crippen LogP contribution in [0.2, 0.25) is 0 Å². The van der Waals surface area contributed by atoms with Crippen molar-refractivity contribution in [1.29, 1.82) is 0 Å². The normalized spacial score (nSPS) is 11.1. The average molecular weight is 712 g/mol. The molecule has 0 saturated carbocycles. The molecule has 1 amide bonds. The van der Waals surface area contributed by atoms with Gasteiger partial charge in [-0.1, -0.05) is 12.1 Å². The van der Waals surface area contributed by atoms with Gasteiger partial charge in [-0.15, -0.1) is 0 Å². The molecule has 1 N–H and O–H groups in total. The summed E-state index contributed by atoms with van der Waals surface area (Å²) >= 11 is 4.22. The van der Waals surface area contributed by atoms with Crippen LogP contribution in [0.3, 0.4) is 0 Å². The number of hydrazone groups is 1. The number of hydrogen-bond acceptors (Lipinski definition) is 8. The number of nitro groups is 2. The Balaban J connectivity index is 1.41. The Morgan fingerprint density at radius 1 is 1.00 bits per heavy atom. The number of ether oxygens (including phenoxy) is 1. The van der Waals surface area contributed by atoms with Crippen LogP contribution in [0.5, 0.6) is 5.75 Å². The van der Waals surface area contributed by atoms with E-state index in [1.807, 2.05) is 12.1 Å². The number of rotatable bonds is 8. The zero-order valence-electron chi connectivity index (χ0n) is 18.0. The predicted molar refractivity (Wildman–Crippen MR) is 147 cm³/mol. The number of carbonyl (C=O) groups excluding carboxylic acids is 1. The Morgan fingerprint density at radius 2 is 1.69 bits per heavy atom. The number of carbonyl (C=O) groups is 1. The standard InChI is InChI=1S/C23H14I2N4O7/c24-18-7-14(8-19(25)22(18)35-12-13-2-1-3-16(6-13)28(31)32)11-26-27-23(30)21-10-15-9-17(29(33)34)4-5-20(15)36-21/h1-11H,12H2,(H,27,30)/b26-11-. The van der Waals surface area contributed by atoms with Crippen molar-refractivity contribution in [2.45, 2.75) is 6.61 Å². The van der Waals surface area contributed by atoms with Gasteiger partial charge in [0.15, 0.2) is 5.76 Å². The van der Waals surface area contributed by atoms with Crippen LogP contribution in [0, 0.1) is 27.4 Å². The molecule has 3 aromatic carbocycles. The van der Waals surface area contributed by atoms with E-state index in [1.54, 1.807) is 12.1 Å². The van der Waals surface area contributed by atoms with Gasteiger partial charge >= 0.3 is 5.91 Å². The molecule has 11 nitrogen and oxygen atoms in total. The molecule has 0 bridgehead atoms. The zero-order valence-corrected chi connectivity index (χ0v) is 22.3. The van der Waals surface area contributed by atoms with Crippen molar-refractivity contribution in [3.05, 3.63) is 105 Å². The van der Waals surface area contributed by atoms with E-state index in [0.29, 0.717) is 27.8 Å². The lowest BCUT2D eigenvalue weighted by Gasteiger charge is -2.11. The molecule has 1 heterocycles. The van der Waals surface area contributed by atoms with Gasteiger partial charge in [-0.05, 0) is 80.6 Å². The van der Waals surface area contributed by atoms with E-state index in [0.717, 1.165) is 7.14 Å². The number of non-ortho nitro benzene ring substituents is 2. The summed E-state index contributed by atoms with van der Waals surface area (Å²) in [4.78, 5) is 33.3. The second-order valence-corrected chi connectivity index (χ2v) is 9.64. The predicted octanol–water partition coefficient (Wildman–Crippen LogP) is 5.80. The molecule has 0 spiro atoms. The third kappa shape index (κ3) is 5.96. The number of hydrogen-bond donors (Lipinski definition) is 1. The maximum Gasteiger partial charge on any atom is 0.307 e. The van der Waals surface area contributed by atoms with Crippen molar-refractivity contribution >= 4 is 79.6 Å². The molecule has 0 aliphatic rings. The molecule has 0 atom stereocenters. The van der Waals surface area contributed by atoms with Gasteiger partial charge in [-0.25, -0.2) is 5.43 Å². The minimum Gasteiger partial charge on any atom is -0.487 e. The van der Waals surface area contributed by atoms with Crippen LogP contribution in [-0.2, 0) is 6.61 Å². The van der Waals surface area contributed by atoms with E-state index in [1.165, 1.54) is 42.6 Å². The highest BCUT2D eigenvalue weighted by Gasteiger charge is 2.15. The smallest absolute Gasteiger partial charge is 0.307 e. The number of furan rings is 1. The largest absolute Gasteiger partial charge is 0.487 e. The lowest BCUT2D eigenvalue weighted by atomic mass is 10.2. The number of fused-ring (bicyclic) bond motifs is 1. The second-order valence-electron chi connectivity index (χ2n) is 7.32. The molecule has 0 fully saturated rings. The van der Waals surface area contributed by atoms with E-state index in [-0.39, 0.29) is 23.7 Å². The molecule has 36 heavy (non-hydrogen) atoms. The number of nitro benzene ring substituents is 2. The number of nitrogens with zero attached hydrogens (tertiary/aromatic N) is 3. The molecule has 4 rings (SSSR count). The van der Waals surface area contributed by atoms with Gasteiger partial charge in [0.05, 0.1) is 23.2 Å². The second kappa shape index (κ2) is 11.0. The Hall–Kier alpha value is -3.60. The van der Waals surface area contributed by atoms with Gasteiger partial charge in [0.1, 0.15) is 17.9 Å². The number of nitrogens with one attached hydrogen (secondary N) is 1. The zero-order chi connectivity index (χ0) is 25.8. The Bertz CT molecular complexity index is 1510. The molecule has 1 aromatic heterocycles. The first-order valence-corrected chi connectivity index (χ1v) is 12.2. The third-order valence-corrected chi connectivity index (χ3v) is 6.44. The van der Waals surface area contributed by atoms with Gasteiger partial charge in [0, 0.05) is 29.7 Å². The van der Waals surface area contributed by atoms with Crippen LogP contribution in [0.25, 0.3) is 11.0 Å². The fraction of sp³-hybridized carbons (Fsp3) is 0.0435. The van der Waals surface area contributed by atoms with E-state index in [9.17, 15) is 25.0 Å². The van der Waals surface area contributed by atoms with E-state index >= 15 is 0 Å². The molecular formula is C23H14I2N4O7. The number of benzene rings is 3. The lowest BCUT2D eigenvalue weighted by molar-refractivity contribution is -0.385. The first kappa shape index (κ1) is 25.5. The summed E-state index contributed by atoms with van der Waals surface area (Å²) in [6.45, 7) is 0.165. The number of halogens is 2. The van der Waals surface area contributed by atoms with Crippen LogP contribution >= 0.6 is 45.2 Å². The van der Waals surface area contributed by atoms with E-state index in [4.69, 9.17) is 9.15 Å². The van der Waals surface area contributed by atoms with Gasteiger partial charge < -0.3 is 9.15 Å². The van der Waals surface area contributed by atoms with Crippen LogP contribution in [-0.4, -0.2) is 22.0 Å². The van der Waals surface area contributed by atoms with Crippen molar-refractivity contribution in [3.63, 3.8) is 0 Å². The number of amides is 1. The molecule has 0 radical (unpaired) electrons. The first-order chi connectivity index (χ1) is 17.2. The van der Waals surface area contributed by atoms with Crippen molar-refractivity contribution in [2.24, 2.45) is 5.10 Å².